The van der Waals surface area contributed by atoms with Crippen LogP contribution in [-0.2, 0) is 16.2 Å². The normalized spacial score (nSPS) is 18.5. The van der Waals surface area contributed by atoms with Crippen LogP contribution in [-0.4, -0.2) is 45.5 Å². The van der Waals surface area contributed by atoms with Crippen molar-refractivity contribution in [2.75, 3.05) is 30.5 Å². The van der Waals surface area contributed by atoms with Crippen LogP contribution in [0.1, 0.15) is 25.0 Å². The predicted molar refractivity (Wildman–Crippen MR) is 109 cm³/mol. The van der Waals surface area contributed by atoms with Crippen LogP contribution >= 0.6 is 0 Å². The maximum atomic E-state index is 13.2. The number of benzene rings is 1. The van der Waals surface area contributed by atoms with Crippen molar-refractivity contribution in [2.24, 2.45) is 10.4 Å². The van der Waals surface area contributed by atoms with Gasteiger partial charge in [-0.2, -0.15) is 13.2 Å². The maximum Gasteiger partial charge on any atom is 0.416 e. The molecule has 0 saturated carbocycles. The van der Waals surface area contributed by atoms with E-state index < -0.39 is 21.8 Å². The van der Waals surface area contributed by atoms with Crippen molar-refractivity contribution in [3.63, 3.8) is 0 Å². The first-order chi connectivity index (χ1) is 14.5. The highest BCUT2D eigenvalue weighted by Gasteiger charge is 2.34. The molecule has 2 aromatic rings. The van der Waals surface area contributed by atoms with Crippen LogP contribution in [0.3, 0.4) is 0 Å². The number of nitrogens with one attached hydrogen (secondary N) is 1. The molecule has 2 aliphatic rings. The smallest absolute Gasteiger partial charge is 0.416 e. The van der Waals surface area contributed by atoms with E-state index >= 15 is 0 Å². The lowest BCUT2D eigenvalue weighted by molar-refractivity contribution is -0.137. The number of anilines is 1. The zero-order valence-corrected chi connectivity index (χ0v) is 17.7. The van der Waals surface area contributed by atoms with Gasteiger partial charge in [-0.05, 0) is 30.3 Å². The lowest BCUT2D eigenvalue weighted by Crippen LogP contribution is -2.42. The van der Waals surface area contributed by atoms with Crippen molar-refractivity contribution >= 4 is 21.5 Å². The SMILES string of the molecule is CC1(C)CN=C(c2cnc3c(c2)N(S(=O)(=O)c2ccc(C(F)(F)F)cc2)CCO3)NC1. The number of aromatic nitrogens is 1. The van der Waals surface area contributed by atoms with Gasteiger partial charge in [0.1, 0.15) is 18.1 Å². The van der Waals surface area contributed by atoms with E-state index in [0.717, 1.165) is 28.6 Å². The Kier molecular flexibility index (Phi) is 5.11. The third-order valence-corrected chi connectivity index (χ3v) is 6.90. The Hall–Kier alpha value is -2.82. The Labute approximate surface area is 178 Å². The fraction of sp³-hybridized carbons (Fsp3) is 0.400. The molecule has 1 N–H and O–H groups in total. The Morgan fingerprint density at radius 3 is 2.52 bits per heavy atom. The van der Waals surface area contributed by atoms with Gasteiger partial charge in [0.2, 0.25) is 5.88 Å². The minimum Gasteiger partial charge on any atom is -0.474 e. The molecule has 0 fully saturated rings. The number of hydrogen-bond acceptors (Lipinski definition) is 6. The number of amidine groups is 1. The van der Waals surface area contributed by atoms with E-state index in [1.165, 1.54) is 0 Å². The van der Waals surface area contributed by atoms with E-state index in [-0.39, 0.29) is 35.0 Å². The van der Waals surface area contributed by atoms with E-state index in [1.54, 1.807) is 12.3 Å². The monoisotopic (exact) mass is 454 g/mol. The minimum atomic E-state index is -4.55. The van der Waals surface area contributed by atoms with Crippen molar-refractivity contribution in [1.82, 2.24) is 10.3 Å². The molecule has 1 aromatic heterocycles. The third kappa shape index (κ3) is 4.18. The fourth-order valence-corrected chi connectivity index (χ4v) is 4.76. The maximum absolute atomic E-state index is 13.2. The average molecular weight is 454 g/mol. The van der Waals surface area contributed by atoms with Crippen molar-refractivity contribution in [2.45, 2.75) is 24.9 Å². The van der Waals surface area contributed by atoms with E-state index in [1.807, 2.05) is 0 Å². The van der Waals surface area contributed by atoms with Crippen LogP contribution in [0.5, 0.6) is 5.88 Å². The summed E-state index contributed by atoms with van der Waals surface area (Å²) in [6, 6.07) is 5.04. The molecule has 4 rings (SSSR count). The van der Waals surface area contributed by atoms with Crippen molar-refractivity contribution in [3.05, 3.63) is 47.7 Å². The van der Waals surface area contributed by atoms with E-state index in [0.29, 0.717) is 24.5 Å². The first kappa shape index (κ1) is 21.4. The Balaban J connectivity index is 1.69. The fourth-order valence-electron chi connectivity index (χ4n) is 3.32. The second kappa shape index (κ2) is 7.40. The van der Waals surface area contributed by atoms with Gasteiger partial charge in [0.25, 0.3) is 10.0 Å². The zero-order chi connectivity index (χ0) is 22.4. The molecular weight excluding hydrogens is 433 g/mol. The molecule has 7 nitrogen and oxygen atoms in total. The summed E-state index contributed by atoms with van der Waals surface area (Å²) in [5, 5.41) is 3.23. The quantitative estimate of drug-likeness (QED) is 0.771. The second-order valence-electron chi connectivity index (χ2n) is 8.18. The highest BCUT2D eigenvalue weighted by atomic mass is 32.2. The van der Waals surface area contributed by atoms with Gasteiger partial charge in [-0.15, -0.1) is 0 Å². The van der Waals surface area contributed by atoms with E-state index in [4.69, 9.17) is 4.74 Å². The molecule has 1 aromatic carbocycles. The highest BCUT2D eigenvalue weighted by molar-refractivity contribution is 7.92. The summed E-state index contributed by atoms with van der Waals surface area (Å²) in [7, 11) is -4.12. The second-order valence-corrected chi connectivity index (χ2v) is 10.0. The van der Waals surface area contributed by atoms with Crippen molar-refractivity contribution in [1.29, 1.82) is 0 Å². The zero-order valence-electron chi connectivity index (χ0n) is 16.9. The summed E-state index contributed by atoms with van der Waals surface area (Å²) in [5.41, 5.74) is -0.0842. The molecule has 166 valence electrons. The van der Waals surface area contributed by atoms with Crippen LogP contribution in [0.2, 0.25) is 0 Å². The molecule has 0 saturated heterocycles. The largest absolute Gasteiger partial charge is 0.474 e. The van der Waals surface area contributed by atoms with Gasteiger partial charge in [0.05, 0.1) is 17.0 Å². The number of sulfonamides is 1. The van der Waals surface area contributed by atoms with Crippen molar-refractivity contribution in [3.8, 4) is 5.88 Å². The van der Waals surface area contributed by atoms with E-state index in [9.17, 15) is 21.6 Å². The number of nitrogens with zero attached hydrogens (tertiary/aromatic N) is 3. The Morgan fingerprint density at radius 2 is 1.90 bits per heavy atom. The number of hydrogen-bond donors (Lipinski definition) is 1. The van der Waals surface area contributed by atoms with Gasteiger partial charge < -0.3 is 10.1 Å². The summed E-state index contributed by atoms with van der Waals surface area (Å²) < 4.78 is 71.5. The average Bonchev–Trinajstić information content (AvgIpc) is 2.72. The third-order valence-electron chi connectivity index (χ3n) is 5.08. The molecule has 0 radical (unpaired) electrons. The molecule has 0 atom stereocenters. The van der Waals surface area contributed by atoms with Gasteiger partial charge in [-0.1, -0.05) is 13.8 Å². The van der Waals surface area contributed by atoms with Crippen LogP contribution in [0.4, 0.5) is 18.9 Å². The van der Waals surface area contributed by atoms with Gasteiger partial charge in [0, 0.05) is 30.3 Å². The van der Waals surface area contributed by atoms with Crippen LogP contribution in [0.25, 0.3) is 0 Å². The summed E-state index contributed by atoms with van der Waals surface area (Å²) in [6.07, 6.45) is -2.99. The first-order valence-electron chi connectivity index (χ1n) is 9.59. The first-order valence-corrected chi connectivity index (χ1v) is 11.0. The highest BCUT2D eigenvalue weighted by Crippen LogP contribution is 2.36. The molecule has 3 heterocycles. The number of fused-ring (bicyclic) bond motifs is 1. The Bertz CT molecular complexity index is 1130. The molecule has 0 aliphatic carbocycles. The number of pyridine rings is 1. The molecule has 31 heavy (non-hydrogen) atoms. The van der Waals surface area contributed by atoms with Gasteiger partial charge in [0.15, 0.2) is 0 Å². The lowest BCUT2D eigenvalue weighted by Gasteiger charge is -2.31. The van der Waals surface area contributed by atoms with Gasteiger partial charge in [-0.25, -0.2) is 13.4 Å². The number of halogens is 3. The summed E-state index contributed by atoms with van der Waals surface area (Å²) in [5.74, 6) is 0.745. The molecule has 0 spiro atoms. The minimum absolute atomic E-state index is 0.00615. The number of alkyl halides is 3. The molecule has 2 aliphatic heterocycles. The molecule has 11 heteroatoms. The van der Waals surface area contributed by atoms with Gasteiger partial charge in [-0.3, -0.25) is 9.30 Å². The Morgan fingerprint density at radius 1 is 1.19 bits per heavy atom. The number of ether oxygens (including phenoxy) is 1. The summed E-state index contributed by atoms with van der Waals surface area (Å²) in [6.45, 7) is 5.56. The molecule has 0 bridgehead atoms. The predicted octanol–water partition coefficient (Wildman–Crippen LogP) is 3.06. The topological polar surface area (TPSA) is 83.9 Å². The molecule has 0 unspecified atom stereocenters. The lowest BCUT2D eigenvalue weighted by atomic mass is 9.92. The summed E-state index contributed by atoms with van der Waals surface area (Å²) >= 11 is 0. The van der Waals surface area contributed by atoms with Gasteiger partial charge >= 0.3 is 6.18 Å². The molecule has 0 amide bonds. The number of aliphatic imine (C=N–C) groups is 1. The number of rotatable bonds is 3. The van der Waals surface area contributed by atoms with Crippen LogP contribution < -0.4 is 14.4 Å². The van der Waals surface area contributed by atoms with E-state index in [2.05, 4.69) is 29.1 Å². The van der Waals surface area contributed by atoms with Crippen LogP contribution in [0.15, 0.2) is 46.4 Å². The molecular formula is C20H21F3N4O3S. The standard InChI is InChI=1S/C20H21F3N4O3S/c1-19(2)11-25-17(26-12-19)13-9-16-18(24-10-13)30-8-7-27(16)31(28,29)15-5-3-14(4-6-15)20(21,22)23/h3-6,9-10H,7-8,11-12H2,1-2H3,(H,25,26). The van der Waals surface area contributed by atoms with Crippen LogP contribution in [0, 0.1) is 5.41 Å². The summed E-state index contributed by atoms with van der Waals surface area (Å²) in [4.78, 5) is 8.52. The van der Waals surface area contributed by atoms with Crippen molar-refractivity contribution < 1.29 is 26.3 Å².